The summed E-state index contributed by atoms with van der Waals surface area (Å²) in [7, 11) is 0. The highest BCUT2D eigenvalue weighted by Crippen LogP contribution is 2.43. The van der Waals surface area contributed by atoms with Gasteiger partial charge in [-0.05, 0) is 79.3 Å². The molecule has 4 aliphatic rings. The average Bonchev–Trinajstić information content (AvgIpc) is 3.82. The lowest BCUT2D eigenvalue weighted by molar-refractivity contribution is -0.129. The lowest BCUT2D eigenvalue weighted by Gasteiger charge is -2.31. The molecule has 0 amide bonds. The van der Waals surface area contributed by atoms with E-state index >= 15 is 4.39 Å². The first kappa shape index (κ1) is 36.5. The third-order valence-electron chi connectivity index (χ3n) is 12.2. The number of Topliss-reactive ketones (excluding diaryl/α,β-unsaturated/α-hetero) is 2. The molecule has 3 unspecified atom stereocenters. The van der Waals surface area contributed by atoms with Crippen LogP contribution in [0.25, 0.3) is 22.7 Å². The van der Waals surface area contributed by atoms with E-state index < -0.39 is 23.5 Å². The molecule has 2 aromatic carbocycles. The maximum absolute atomic E-state index is 17.1. The van der Waals surface area contributed by atoms with Crippen molar-refractivity contribution in [3.8, 4) is 24.1 Å². The number of phenols is 1. The Morgan fingerprint density at radius 3 is 2.72 bits per heavy atom. The zero-order valence-corrected chi connectivity index (χ0v) is 30.4. The van der Waals surface area contributed by atoms with Gasteiger partial charge in [-0.2, -0.15) is 9.97 Å². The van der Waals surface area contributed by atoms with Gasteiger partial charge in [0.1, 0.15) is 46.7 Å². The van der Waals surface area contributed by atoms with Gasteiger partial charge in [-0.15, -0.1) is 13.0 Å². The lowest BCUT2D eigenvalue weighted by atomic mass is 9.85. The normalized spacial score (nSPS) is 28.1. The molecule has 1 aromatic heterocycles. The van der Waals surface area contributed by atoms with E-state index in [-0.39, 0.29) is 76.7 Å². The van der Waals surface area contributed by atoms with Gasteiger partial charge in [0.15, 0.2) is 0 Å². The van der Waals surface area contributed by atoms with Crippen molar-refractivity contribution in [2.75, 3.05) is 37.7 Å². The number of hydrogen-bond acceptors (Lipinski definition) is 8. The molecule has 8 nitrogen and oxygen atoms in total. The number of fused-ring (bicyclic) bond motifs is 3. The van der Waals surface area contributed by atoms with E-state index in [4.69, 9.17) is 16.1 Å². The number of benzene rings is 2. The number of terminal acetylenes is 1. The first-order valence-electron chi connectivity index (χ1n) is 18.6. The molecule has 0 spiro atoms. The van der Waals surface area contributed by atoms with Crippen molar-refractivity contribution in [3.63, 3.8) is 0 Å². The number of nitrogens with zero attached hydrogens (tertiary/aromatic N) is 4. The highest BCUT2D eigenvalue weighted by atomic mass is 19.1. The Kier molecular flexibility index (Phi) is 9.98. The summed E-state index contributed by atoms with van der Waals surface area (Å²) in [5, 5.41) is 11.6. The summed E-state index contributed by atoms with van der Waals surface area (Å²) in [6.45, 7) is 14.4. The summed E-state index contributed by atoms with van der Waals surface area (Å²) >= 11 is 0. The first-order valence-corrected chi connectivity index (χ1v) is 18.6. The first-order chi connectivity index (χ1) is 25.5. The number of hydrogen-bond donors (Lipinski definition) is 1. The fourth-order valence-corrected chi connectivity index (χ4v) is 9.36. The van der Waals surface area contributed by atoms with E-state index in [9.17, 15) is 19.1 Å². The second-order valence-corrected chi connectivity index (χ2v) is 15.5. The third kappa shape index (κ3) is 6.65. The van der Waals surface area contributed by atoms with Crippen molar-refractivity contribution in [1.82, 2.24) is 14.9 Å². The quantitative estimate of drug-likeness (QED) is 0.232. The molecular formula is C43H46F2N4O4. The molecule has 1 aliphatic carbocycles. The summed E-state index contributed by atoms with van der Waals surface area (Å²) in [4.78, 5) is 41.0. The van der Waals surface area contributed by atoms with Gasteiger partial charge in [-0.25, -0.2) is 8.78 Å². The smallest absolute Gasteiger partial charge is 0.319 e. The van der Waals surface area contributed by atoms with Crippen LogP contribution in [0.2, 0.25) is 0 Å². The van der Waals surface area contributed by atoms with Gasteiger partial charge >= 0.3 is 6.01 Å². The number of allylic oxidation sites excluding steroid dienone is 2. The molecule has 276 valence electrons. The second kappa shape index (κ2) is 14.5. The molecule has 6 atom stereocenters. The van der Waals surface area contributed by atoms with Crippen LogP contribution >= 0.6 is 0 Å². The van der Waals surface area contributed by atoms with Gasteiger partial charge < -0.3 is 14.7 Å². The van der Waals surface area contributed by atoms with Crippen LogP contribution in [0.1, 0.15) is 57.1 Å². The van der Waals surface area contributed by atoms with Crippen LogP contribution in [0, 0.1) is 47.8 Å². The molecule has 3 aliphatic heterocycles. The molecule has 4 heterocycles. The maximum Gasteiger partial charge on any atom is 0.319 e. The van der Waals surface area contributed by atoms with Crippen molar-refractivity contribution in [2.24, 2.45) is 29.6 Å². The highest BCUT2D eigenvalue weighted by Gasteiger charge is 2.49. The highest BCUT2D eigenvalue weighted by molar-refractivity contribution is 5.95. The van der Waals surface area contributed by atoms with Crippen LogP contribution in [0.15, 0.2) is 49.6 Å². The van der Waals surface area contributed by atoms with Crippen LogP contribution in [0.4, 0.5) is 14.6 Å². The van der Waals surface area contributed by atoms with Gasteiger partial charge in [0.05, 0.1) is 11.1 Å². The molecule has 0 radical (unpaired) electrons. The number of ether oxygens (including phenoxy) is 1. The Morgan fingerprint density at radius 1 is 1.17 bits per heavy atom. The Bertz CT molecular complexity index is 2180. The minimum absolute atomic E-state index is 0.0254. The Hall–Kier alpha value is -4.88. The van der Waals surface area contributed by atoms with E-state index in [0.29, 0.717) is 40.8 Å². The van der Waals surface area contributed by atoms with Crippen LogP contribution in [-0.4, -0.2) is 69.9 Å². The number of ketones is 2. The zero-order chi connectivity index (χ0) is 37.6. The Labute approximate surface area is 308 Å². The number of carbonyl (C=O) groups is 2. The SMILES string of the molecule is C#Cc1c(F)ccc2cc(O)cc(C/C(F)=c3/nc(OC[C@@]45CCCN4C[C@H](CC=C)C5)nc(N4CC5C(=O)C[C@@H](C)C(C)C(=O)C5C4)/c3=C/C=C)c12. The molecule has 3 saturated heterocycles. The monoisotopic (exact) mass is 720 g/mol. The third-order valence-corrected chi connectivity index (χ3v) is 12.2. The summed E-state index contributed by atoms with van der Waals surface area (Å²) in [6, 6.07) is 5.52. The minimum atomic E-state index is -0.693. The standard InChI is InChI=1S/C43H46F2N4O4/c1-6-10-27-20-43(14-9-15-49(43)21-27)24-53-42-46-39(36(45)19-29-18-30(50)17-28-12-13-35(44)31(8-3)38(28)29)32(11-7-2)41(47-42)48-22-33-34(23-48)40(52)26(5)25(4)16-37(33)51/h3,6-7,11-13,17-18,25-27,33-34,50H,1-2,9-10,14-16,19-24H2,4-5H3/b32-11+,39-36-/t25-,26?,27-,33?,34?,43+/m1/s1. The molecule has 7 rings (SSSR count). The molecule has 1 saturated carbocycles. The topological polar surface area (TPSA) is 95.9 Å². The fraction of sp³-hybridized carbons (Fsp3) is 0.442. The minimum Gasteiger partial charge on any atom is -0.508 e. The predicted molar refractivity (Wildman–Crippen MR) is 202 cm³/mol. The van der Waals surface area contributed by atoms with Crippen molar-refractivity contribution in [2.45, 2.75) is 57.9 Å². The largest absolute Gasteiger partial charge is 0.508 e. The summed E-state index contributed by atoms with van der Waals surface area (Å²) in [5.41, 5.74) is 0.0455. The van der Waals surface area contributed by atoms with Crippen molar-refractivity contribution < 1.29 is 28.2 Å². The Morgan fingerprint density at radius 2 is 1.96 bits per heavy atom. The number of rotatable bonds is 9. The van der Waals surface area contributed by atoms with E-state index in [0.717, 1.165) is 38.8 Å². The fourth-order valence-electron chi connectivity index (χ4n) is 9.36. The van der Waals surface area contributed by atoms with Crippen LogP contribution in [0.3, 0.4) is 0 Å². The zero-order valence-electron chi connectivity index (χ0n) is 30.4. The summed E-state index contributed by atoms with van der Waals surface area (Å²) < 4.78 is 38.4. The number of carbonyl (C=O) groups excluding carboxylic acids is 2. The molecule has 0 bridgehead atoms. The van der Waals surface area contributed by atoms with Gasteiger partial charge in [0.2, 0.25) is 0 Å². The van der Waals surface area contributed by atoms with Gasteiger partial charge in [-0.3, -0.25) is 14.5 Å². The van der Waals surface area contributed by atoms with Crippen LogP contribution in [-0.2, 0) is 16.0 Å². The van der Waals surface area contributed by atoms with Gasteiger partial charge in [-0.1, -0.05) is 44.6 Å². The second-order valence-electron chi connectivity index (χ2n) is 15.5. The van der Waals surface area contributed by atoms with E-state index in [2.05, 4.69) is 29.0 Å². The van der Waals surface area contributed by atoms with Crippen molar-refractivity contribution in [1.29, 1.82) is 0 Å². The maximum atomic E-state index is 17.1. The van der Waals surface area contributed by atoms with Crippen molar-refractivity contribution >= 4 is 40.1 Å². The van der Waals surface area contributed by atoms with E-state index in [1.54, 1.807) is 6.08 Å². The molecule has 10 heteroatoms. The number of aromatic nitrogens is 2. The van der Waals surface area contributed by atoms with Gasteiger partial charge in [0, 0.05) is 60.8 Å². The van der Waals surface area contributed by atoms with Crippen molar-refractivity contribution in [3.05, 3.63) is 77.1 Å². The molecular weight excluding hydrogens is 674 g/mol. The van der Waals surface area contributed by atoms with E-state index in [1.165, 1.54) is 30.3 Å². The Balaban J connectivity index is 1.36. The molecule has 1 N–H and O–H groups in total. The number of phenolic OH excluding ortho intramolecular Hbond substituents is 1. The number of anilines is 1. The summed E-state index contributed by atoms with van der Waals surface area (Å²) in [6.07, 6.45) is 14.6. The predicted octanol–water partition coefficient (Wildman–Crippen LogP) is 5.42. The van der Waals surface area contributed by atoms with E-state index in [1.807, 2.05) is 24.8 Å². The molecule has 4 fully saturated rings. The lowest BCUT2D eigenvalue weighted by Crippen LogP contribution is -2.44. The average molecular weight is 721 g/mol. The van der Waals surface area contributed by atoms with Crippen LogP contribution < -0.4 is 20.2 Å². The molecule has 3 aromatic rings. The molecule has 53 heavy (non-hydrogen) atoms. The van der Waals surface area contributed by atoms with Gasteiger partial charge in [0.25, 0.3) is 0 Å². The summed E-state index contributed by atoms with van der Waals surface area (Å²) in [5.74, 6) is 0.505. The number of aromatic hydroxyl groups is 1. The number of halogens is 2. The van der Waals surface area contributed by atoms with Crippen LogP contribution in [0.5, 0.6) is 11.8 Å².